The van der Waals surface area contributed by atoms with Gasteiger partial charge in [0.2, 0.25) is 28.9 Å². The summed E-state index contributed by atoms with van der Waals surface area (Å²) < 4.78 is 33.8. The van der Waals surface area contributed by atoms with E-state index in [0.29, 0.717) is 161 Å². The number of carbonyl (C=O) groups excluding carboxylic acids is 5. The lowest BCUT2D eigenvalue weighted by atomic mass is 9.46. The van der Waals surface area contributed by atoms with Gasteiger partial charge in [-0.25, -0.2) is 9.98 Å². The van der Waals surface area contributed by atoms with Gasteiger partial charge in [0.15, 0.2) is 51.7 Å². The van der Waals surface area contributed by atoms with E-state index in [1.807, 2.05) is 58.0 Å². The van der Waals surface area contributed by atoms with Crippen molar-refractivity contribution >= 4 is 45.7 Å². The highest BCUT2D eigenvalue weighted by atomic mass is 16.5. The molecule has 3 aromatic rings. The molecule has 143 heavy (non-hydrogen) atoms. The second kappa shape index (κ2) is 41.4. The molecular formula is C125H171N3O15. The number of phenolic OH excluding ortho intramolecular Hbond substituents is 1. The van der Waals surface area contributed by atoms with Crippen molar-refractivity contribution in [3.8, 4) is 11.5 Å². The third kappa shape index (κ3) is 19.8. The van der Waals surface area contributed by atoms with Gasteiger partial charge in [-0.1, -0.05) is 208 Å². The standard InChI is InChI=1S/C29H37NO3.C25H35NO3.C24H33NO3.C24H34O3.C23H32O3/c1-19-9-8-12-25-28(19,3)15-13-20(2)29(25,4)18-22-26(32)23(17-24(31)27(22)33)30-16-14-21-10-6-5-7-11-21;1-15-9-8-10-20-24(15,5)12-11-16(2)25(20,6)14-17-21(27)19(28-7)13-18-22(17)29-23(3,4)26-18;1-14-8-7-9-20-23(14,4)11-10-15(2)24(20,5)13-17-21(26)19(27-6)12-18-22(17)28-16(3)25-18;1-7-27-19-13-15(2)21(25)18(22(19)26)14-24(6)17(4)11-12-23(5)16(3)9-8-10-20(23)24;1-14-12-18(26-6)21(25)17(20(14)24)13-23(5)16(3)10-11-22(4)15(2)8-7-9-19(22)23/h5-7,10-11,17,20,25,30,32H,1,8-9,12-16,18H2,2-4H3;13,16,20H,1,8-12,14H2,2-7H3;12,15,20,26H,1,7-11,13H2,2-6H3;13,17,20,25H,2-3,7-12,14H2,1,4-6H3;12,16,19,24H,1-2,7-11,13H2,3-6H3. The van der Waals surface area contributed by atoms with Crippen LogP contribution in [0.15, 0.2) is 223 Å². The van der Waals surface area contributed by atoms with E-state index in [-0.39, 0.29) is 106 Å². The van der Waals surface area contributed by atoms with Crippen LogP contribution in [-0.4, -0.2) is 100 Å². The van der Waals surface area contributed by atoms with Crippen molar-refractivity contribution < 1.29 is 72.5 Å². The van der Waals surface area contributed by atoms with Crippen LogP contribution in [0.4, 0.5) is 0 Å². The number of carbonyl (C=O) groups is 5. The molecule has 20 unspecified atom stereocenters. The minimum atomic E-state index is -0.650. The Hall–Kier alpha value is -9.97. The fraction of sp³-hybridized carbons (Fsp3) is 0.608. The number of nitrogens with zero attached hydrogens (tertiary/aromatic N) is 2. The zero-order valence-electron chi connectivity index (χ0n) is 91.0. The van der Waals surface area contributed by atoms with E-state index in [2.05, 4.69) is 165 Å². The SMILES string of the molecule is C=C1C=C(OC)C(=O)C(CC2(C)C(C)CCC3(C)C(=C)CCCC32)=C1O.C=C1C=C(OCC)C(=O)C(CC2(C)C(C)CCC3(C)C(=C)CCCC32)=C1O.C=C1CCCC2C1(C)CCC(C)C2(C)CC1=C(O)C(NCCc2ccccc2)=CC(=O)C1=O.C=C1CCCC2C1(C)CCC(C)C2(C)CC1=C2OC(C)(C)N=C2C=C(OC)C1=O.C=C1CCCC2C1(C)CCC(C)C2(C)Cc1c(O)c(OC)cc2nc(C)oc12. The molecule has 18 rings (SSSR count). The molecule has 15 aliphatic rings. The third-order valence-electron chi connectivity index (χ3n) is 41.1. The molecule has 20 atom stereocenters. The number of hydrogen-bond donors (Lipinski definition) is 5. The highest BCUT2D eigenvalue weighted by Crippen LogP contribution is 2.70. The highest BCUT2D eigenvalue weighted by molar-refractivity contribution is 6.48. The monoisotopic (exact) mass is 1950 g/mol. The van der Waals surface area contributed by atoms with Crippen LogP contribution < -0.4 is 10.1 Å². The Morgan fingerprint density at radius 3 is 1.18 bits per heavy atom. The molecule has 10 saturated carbocycles. The van der Waals surface area contributed by atoms with Gasteiger partial charge in [0.25, 0.3) is 0 Å². The van der Waals surface area contributed by atoms with Gasteiger partial charge in [-0.05, 0) is 351 Å². The Morgan fingerprint density at radius 2 is 0.797 bits per heavy atom. The molecule has 5 N–H and O–H groups in total. The maximum atomic E-state index is 13.3. The highest BCUT2D eigenvalue weighted by Gasteiger charge is 2.62. The molecule has 776 valence electrons. The molecule has 0 amide bonds. The van der Waals surface area contributed by atoms with E-state index in [4.69, 9.17) is 28.1 Å². The number of aliphatic imine (C=N–C) groups is 1. The molecule has 18 heteroatoms. The minimum Gasteiger partial charge on any atom is -0.507 e. The number of aliphatic hydroxyl groups excluding tert-OH is 3. The molecular weight excluding hydrogens is 1780 g/mol. The van der Waals surface area contributed by atoms with Crippen molar-refractivity contribution in [1.29, 1.82) is 0 Å². The number of fused-ring (bicyclic) bond motifs is 7. The van der Waals surface area contributed by atoms with E-state index in [9.17, 15) is 44.4 Å². The average molecular weight is 1960 g/mol. The Kier molecular flexibility index (Phi) is 31.5. The molecule has 0 spiro atoms. The lowest BCUT2D eigenvalue weighted by molar-refractivity contribution is -0.132. The number of phenols is 1. The van der Waals surface area contributed by atoms with Crippen molar-refractivity contribution in [3.05, 3.63) is 231 Å². The molecule has 2 heterocycles. The number of methoxy groups -OCH3 is 3. The molecule has 2 aromatic carbocycles. The summed E-state index contributed by atoms with van der Waals surface area (Å²) in [5.41, 5.74) is 14.1. The second-order valence-electron chi connectivity index (χ2n) is 49.1. The first-order valence-corrected chi connectivity index (χ1v) is 54.0. The smallest absolute Gasteiger partial charge is 0.232 e. The van der Waals surface area contributed by atoms with Crippen molar-refractivity contribution in [2.24, 2.45) is 118 Å². The van der Waals surface area contributed by atoms with Gasteiger partial charge in [0.1, 0.15) is 28.5 Å². The lowest BCUT2D eigenvalue weighted by Gasteiger charge is -2.59. The second-order valence-corrected chi connectivity index (χ2v) is 49.1. The Morgan fingerprint density at radius 1 is 0.441 bits per heavy atom. The van der Waals surface area contributed by atoms with Crippen molar-refractivity contribution in [2.45, 2.75) is 336 Å². The fourth-order valence-electron chi connectivity index (χ4n) is 30.7. The Bertz CT molecular complexity index is 5920. The summed E-state index contributed by atoms with van der Waals surface area (Å²) >= 11 is 0. The quantitative estimate of drug-likeness (QED) is 0.0323. The van der Waals surface area contributed by atoms with Crippen LogP contribution in [0.25, 0.3) is 11.1 Å². The number of aromatic hydroxyl groups is 1. The van der Waals surface area contributed by atoms with E-state index in [0.717, 1.165) is 132 Å². The Balaban J connectivity index is 0.000000142. The van der Waals surface area contributed by atoms with Crippen molar-refractivity contribution in [2.75, 3.05) is 34.5 Å². The van der Waals surface area contributed by atoms with Gasteiger partial charge in [-0.15, -0.1) is 0 Å². The molecule has 10 fully saturated rings. The van der Waals surface area contributed by atoms with Crippen LogP contribution >= 0.6 is 0 Å². The summed E-state index contributed by atoms with van der Waals surface area (Å²) in [7, 11) is 4.63. The first-order chi connectivity index (χ1) is 67.2. The number of rotatable bonds is 19. The number of hydrogen-bond acceptors (Lipinski definition) is 18. The zero-order valence-corrected chi connectivity index (χ0v) is 91.0. The third-order valence-corrected chi connectivity index (χ3v) is 41.1. The first-order valence-electron chi connectivity index (χ1n) is 54.0. The lowest BCUT2D eigenvalue weighted by Crippen LogP contribution is -2.51. The maximum absolute atomic E-state index is 13.3. The summed E-state index contributed by atoms with van der Waals surface area (Å²) in [4.78, 5) is 73.9. The van der Waals surface area contributed by atoms with Crippen LogP contribution in [0.5, 0.6) is 11.5 Å². The predicted octanol–water partition coefficient (Wildman–Crippen LogP) is 29.5. The number of aromatic nitrogens is 1. The van der Waals surface area contributed by atoms with Crippen LogP contribution in [0.1, 0.15) is 328 Å². The van der Waals surface area contributed by atoms with Gasteiger partial charge >= 0.3 is 0 Å². The summed E-state index contributed by atoms with van der Waals surface area (Å²) in [6.07, 6.45) is 38.7. The maximum Gasteiger partial charge on any atom is 0.232 e. The summed E-state index contributed by atoms with van der Waals surface area (Å²) in [6, 6.07) is 11.8. The molecule has 1 aliphatic heterocycles. The fourth-order valence-corrected chi connectivity index (χ4v) is 30.7. The van der Waals surface area contributed by atoms with Crippen LogP contribution in [0, 0.1) is 120 Å². The van der Waals surface area contributed by atoms with E-state index in [1.165, 1.54) is 117 Å². The number of oxazole rings is 1. The number of allylic oxidation sites excluding steroid dienone is 13. The van der Waals surface area contributed by atoms with E-state index in [1.54, 1.807) is 32.4 Å². The predicted molar refractivity (Wildman–Crippen MR) is 573 cm³/mol. The number of benzene rings is 2. The number of aliphatic hydroxyl groups is 3. The Labute approximate surface area is 855 Å². The van der Waals surface area contributed by atoms with Gasteiger partial charge in [0, 0.05) is 70.7 Å². The summed E-state index contributed by atoms with van der Waals surface area (Å²) in [5, 5.41) is 46.6. The molecule has 0 radical (unpaired) electrons. The van der Waals surface area contributed by atoms with E-state index < -0.39 is 17.3 Å². The summed E-state index contributed by atoms with van der Waals surface area (Å²) in [5.74, 6) is 6.20. The van der Waals surface area contributed by atoms with Gasteiger partial charge in [0.05, 0.1) is 33.6 Å². The van der Waals surface area contributed by atoms with E-state index >= 15 is 0 Å². The van der Waals surface area contributed by atoms with Crippen molar-refractivity contribution in [3.63, 3.8) is 0 Å². The number of ether oxygens (including phenoxy) is 5. The first kappa shape index (κ1) is 109. The normalized spacial score (nSPS) is 35.8. The number of Topliss-reactive ketones (excluding diaryl/α,β-unsaturated/α-hetero) is 4. The molecule has 18 nitrogen and oxygen atoms in total. The molecule has 14 aliphatic carbocycles. The molecule has 0 bridgehead atoms. The zero-order chi connectivity index (χ0) is 105. The number of aryl methyl sites for hydroxylation is 1. The van der Waals surface area contributed by atoms with Crippen LogP contribution in [0.2, 0.25) is 0 Å². The largest absolute Gasteiger partial charge is 0.507 e. The number of ketones is 5. The summed E-state index contributed by atoms with van der Waals surface area (Å²) in [6.45, 7) is 73.7. The van der Waals surface area contributed by atoms with Gasteiger partial charge in [-0.3, -0.25) is 24.0 Å². The minimum absolute atomic E-state index is 0.00570. The topological polar surface area (TPSA) is 263 Å². The van der Waals surface area contributed by atoms with Crippen LogP contribution in [-0.2, 0) is 55.8 Å². The average Bonchev–Trinajstić information content (AvgIpc) is 1.12. The van der Waals surface area contributed by atoms with Gasteiger partial charge < -0.3 is 53.8 Å². The van der Waals surface area contributed by atoms with Crippen molar-refractivity contribution in [1.82, 2.24) is 10.3 Å². The van der Waals surface area contributed by atoms with Gasteiger partial charge in [-0.2, -0.15) is 0 Å². The van der Waals surface area contributed by atoms with Crippen LogP contribution in [0.3, 0.4) is 0 Å². The molecule has 0 saturated heterocycles. The molecule has 1 aromatic heterocycles. The number of nitrogens with one attached hydrogen (secondary N) is 1.